The van der Waals surface area contributed by atoms with Crippen molar-refractivity contribution in [1.29, 1.82) is 0 Å². The molecule has 0 spiro atoms. The minimum absolute atomic E-state index is 0.0517. The average Bonchev–Trinajstić information content (AvgIpc) is 3.41. The van der Waals surface area contributed by atoms with Crippen LogP contribution in [0, 0.1) is 5.92 Å². The molecule has 188 valence electrons. The molecule has 1 unspecified atom stereocenters. The first-order valence-corrected chi connectivity index (χ1v) is 12.6. The van der Waals surface area contributed by atoms with E-state index in [9.17, 15) is 0 Å². The number of halogens is 1. The predicted octanol–water partition coefficient (Wildman–Crippen LogP) is 4.63. The number of piperidine rings is 1. The molecule has 9 heteroatoms. The van der Waals surface area contributed by atoms with Gasteiger partial charge in [-0.2, -0.15) is 5.10 Å². The fourth-order valence-electron chi connectivity index (χ4n) is 5.12. The summed E-state index contributed by atoms with van der Waals surface area (Å²) in [5.41, 5.74) is 18.0. The van der Waals surface area contributed by atoms with E-state index in [2.05, 4.69) is 31.6 Å². The average molecular weight is 497 g/mol. The van der Waals surface area contributed by atoms with Crippen LogP contribution < -0.4 is 16.8 Å². The van der Waals surface area contributed by atoms with Gasteiger partial charge in [0.1, 0.15) is 11.6 Å². The van der Waals surface area contributed by atoms with Gasteiger partial charge in [-0.1, -0.05) is 6.92 Å². The van der Waals surface area contributed by atoms with Crippen molar-refractivity contribution in [2.75, 3.05) is 18.8 Å². The minimum Gasteiger partial charge on any atom is -0.402 e. The normalized spacial score (nSPS) is 18.9. The SMILES string of the molecule is CC1CC(F)=C(c2cc(-c3cc(-c4cnn(C5CCNCC5)c4)cnc3N)c3cccnc3n2)C=C1N. The Labute approximate surface area is 214 Å². The molecule has 4 aromatic heterocycles. The lowest BCUT2D eigenvalue weighted by molar-refractivity contribution is 0.343. The Bertz CT molecular complexity index is 1550. The molecular weight excluding hydrogens is 467 g/mol. The second kappa shape index (κ2) is 9.40. The Morgan fingerprint density at radius 1 is 1.05 bits per heavy atom. The quantitative estimate of drug-likeness (QED) is 0.377. The summed E-state index contributed by atoms with van der Waals surface area (Å²) in [7, 11) is 0. The molecule has 1 saturated heterocycles. The molecule has 8 nitrogen and oxygen atoms in total. The summed E-state index contributed by atoms with van der Waals surface area (Å²) >= 11 is 0. The summed E-state index contributed by atoms with van der Waals surface area (Å²) in [5, 5.41) is 8.83. The topological polar surface area (TPSA) is 121 Å². The minimum atomic E-state index is -0.236. The Morgan fingerprint density at radius 3 is 2.73 bits per heavy atom. The predicted molar refractivity (Wildman–Crippen MR) is 144 cm³/mol. The monoisotopic (exact) mass is 496 g/mol. The van der Waals surface area contributed by atoms with Crippen molar-refractivity contribution in [3.05, 3.63) is 72.3 Å². The molecule has 5 N–H and O–H groups in total. The number of allylic oxidation sites excluding steroid dienone is 4. The van der Waals surface area contributed by atoms with Crippen molar-refractivity contribution < 1.29 is 4.39 Å². The van der Waals surface area contributed by atoms with Crippen molar-refractivity contribution in [2.24, 2.45) is 11.7 Å². The number of nitrogens with one attached hydrogen (secondary N) is 1. The lowest BCUT2D eigenvalue weighted by atomic mass is 9.91. The summed E-state index contributed by atoms with van der Waals surface area (Å²) in [5.74, 6) is 0.0864. The molecular formula is C28H29FN8. The number of nitrogen functional groups attached to an aromatic ring is 1. The highest BCUT2D eigenvalue weighted by Gasteiger charge is 2.23. The molecule has 2 aliphatic rings. The van der Waals surface area contributed by atoms with E-state index in [0.29, 0.717) is 34.5 Å². The number of hydrogen-bond donors (Lipinski definition) is 3. The number of anilines is 1. The van der Waals surface area contributed by atoms with E-state index in [1.807, 2.05) is 42.1 Å². The van der Waals surface area contributed by atoms with Crippen LogP contribution in [0.4, 0.5) is 10.2 Å². The van der Waals surface area contributed by atoms with Gasteiger partial charge < -0.3 is 16.8 Å². The van der Waals surface area contributed by atoms with Crippen LogP contribution in [0.5, 0.6) is 0 Å². The number of nitrogens with two attached hydrogens (primary N) is 2. The van der Waals surface area contributed by atoms with E-state index in [0.717, 1.165) is 53.6 Å². The molecule has 1 atom stereocenters. The van der Waals surface area contributed by atoms with Crippen LogP contribution in [0.1, 0.15) is 37.9 Å². The van der Waals surface area contributed by atoms with Gasteiger partial charge in [0.05, 0.1) is 17.9 Å². The number of rotatable bonds is 4. The van der Waals surface area contributed by atoms with E-state index in [-0.39, 0.29) is 18.2 Å². The maximum absolute atomic E-state index is 15.1. The van der Waals surface area contributed by atoms with Crippen LogP contribution in [-0.4, -0.2) is 37.8 Å². The Morgan fingerprint density at radius 2 is 1.89 bits per heavy atom. The van der Waals surface area contributed by atoms with Gasteiger partial charge in [0.25, 0.3) is 0 Å². The maximum Gasteiger partial charge on any atom is 0.160 e. The second-order valence-electron chi connectivity index (χ2n) is 9.84. The van der Waals surface area contributed by atoms with E-state index >= 15 is 4.39 Å². The van der Waals surface area contributed by atoms with Gasteiger partial charge in [-0.3, -0.25) is 4.68 Å². The number of aromatic nitrogens is 5. The first kappa shape index (κ1) is 23.3. The van der Waals surface area contributed by atoms with Gasteiger partial charge in [-0.05, 0) is 61.8 Å². The molecule has 0 aromatic carbocycles. The first-order valence-electron chi connectivity index (χ1n) is 12.6. The zero-order chi connectivity index (χ0) is 25.5. The highest BCUT2D eigenvalue weighted by molar-refractivity contribution is 5.98. The molecule has 0 saturated carbocycles. The molecule has 1 fully saturated rings. The highest BCUT2D eigenvalue weighted by Crippen LogP contribution is 2.38. The lowest BCUT2D eigenvalue weighted by Crippen LogP contribution is -2.29. The Hall–Kier alpha value is -4.11. The summed E-state index contributed by atoms with van der Waals surface area (Å²) < 4.78 is 17.1. The van der Waals surface area contributed by atoms with Gasteiger partial charge in [0.15, 0.2) is 5.65 Å². The third-order valence-electron chi connectivity index (χ3n) is 7.34. The van der Waals surface area contributed by atoms with Crippen LogP contribution in [0.3, 0.4) is 0 Å². The summed E-state index contributed by atoms with van der Waals surface area (Å²) in [6, 6.07) is 8.04. The van der Waals surface area contributed by atoms with Crippen molar-refractivity contribution in [3.8, 4) is 22.3 Å². The van der Waals surface area contributed by atoms with Gasteiger partial charge in [0, 0.05) is 64.3 Å². The van der Waals surface area contributed by atoms with Crippen LogP contribution in [-0.2, 0) is 0 Å². The van der Waals surface area contributed by atoms with Crippen molar-refractivity contribution >= 4 is 22.4 Å². The van der Waals surface area contributed by atoms with Gasteiger partial charge in [-0.15, -0.1) is 0 Å². The van der Waals surface area contributed by atoms with Crippen molar-refractivity contribution in [3.63, 3.8) is 0 Å². The number of hydrogen-bond acceptors (Lipinski definition) is 7. The van der Waals surface area contributed by atoms with Gasteiger partial charge >= 0.3 is 0 Å². The van der Waals surface area contributed by atoms with Crippen LogP contribution in [0.25, 0.3) is 38.9 Å². The second-order valence-corrected chi connectivity index (χ2v) is 9.84. The lowest BCUT2D eigenvalue weighted by Gasteiger charge is -2.22. The Kier molecular flexibility index (Phi) is 5.92. The van der Waals surface area contributed by atoms with Gasteiger partial charge in [0.2, 0.25) is 0 Å². The molecule has 6 rings (SSSR count). The fourth-order valence-corrected chi connectivity index (χ4v) is 5.12. The van der Waals surface area contributed by atoms with E-state index in [1.54, 1.807) is 18.5 Å². The number of nitrogens with zero attached hydrogens (tertiary/aromatic N) is 5. The zero-order valence-electron chi connectivity index (χ0n) is 20.7. The zero-order valence-corrected chi connectivity index (χ0v) is 20.7. The molecule has 37 heavy (non-hydrogen) atoms. The molecule has 0 radical (unpaired) electrons. The molecule has 1 aliphatic heterocycles. The summed E-state index contributed by atoms with van der Waals surface area (Å²) in [4.78, 5) is 13.6. The summed E-state index contributed by atoms with van der Waals surface area (Å²) in [6.45, 7) is 3.90. The summed E-state index contributed by atoms with van der Waals surface area (Å²) in [6.07, 6.45) is 11.4. The molecule has 0 amide bonds. The van der Waals surface area contributed by atoms with Crippen molar-refractivity contribution in [2.45, 2.75) is 32.2 Å². The smallest absolute Gasteiger partial charge is 0.160 e. The van der Waals surface area contributed by atoms with Crippen LogP contribution >= 0.6 is 0 Å². The van der Waals surface area contributed by atoms with E-state index < -0.39 is 0 Å². The van der Waals surface area contributed by atoms with Crippen LogP contribution in [0.2, 0.25) is 0 Å². The first-order chi connectivity index (χ1) is 18.0. The standard InChI is InChI=1S/C28H29FN8/c1-16-9-24(29)23(11-25(16)30)26-12-21(20-3-2-6-33-28(20)36-26)22-10-17(13-34-27(22)31)18-14-35-37(15-18)19-4-7-32-8-5-19/h2-3,6,10-16,19,32H,4-5,7-9,30H2,1H3,(H2,31,34). The third kappa shape index (κ3) is 4.35. The molecule has 0 bridgehead atoms. The maximum atomic E-state index is 15.1. The largest absolute Gasteiger partial charge is 0.402 e. The number of fused-ring (bicyclic) bond motifs is 1. The Balaban J connectivity index is 1.46. The van der Waals surface area contributed by atoms with E-state index in [4.69, 9.17) is 11.5 Å². The molecule has 5 heterocycles. The number of pyridine rings is 3. The third-order valence-corrected chi connectivity index (χ3v) is 7.34. The fraction of sp³-hybridized carbons (Fsp3) is 0.286. The highest BCUT2D eigenvalue weighted by atomic mass is 19.1. The van der Waals surface area contributed by atoms with Gasteiger partial charge in [-0.25, -0.2) is 19.3 Å². The van der Waals surface area contributed by atoms with E-state index in [1.165, 1.54) is 0 Å². The van der Waals surface area contributed by atoms with Crippen molar-refractivity contribution in [1.82, 2.24) is 30.0 Å². The molecule has 1 aliphatic carbocycles. The van der Waals surface area contributed by atoms with Crippen LogP contribution in [0.15, 0.2) is 66.7 Å². The molecule has 4 aromatic rings.